The average Bonchev–Trinajstić information content (AvgIpc) is 2.46. The molecule has 0 bridgehead atoms. The number of aromatic nitrogens is 3. The minimum atomic E-state index is 0.526. The Morgan fingerprint density at radius 2 is 2.16 bits per heavy atom. The predicted molar refractivity (Wildman–Crippen MR) is 73.5 cm³/mol. The maximum atomic E-state index is 8.91. The van der Waals surface area contributed by atoms with Crippen molar-refractivity contribution < 1.29 is 0 Å². The lowest BCUT2D eigenvalue weighted by atomic mass is 10.1. The van der Waals surface area contributed by atoms with Gasteiger partial charge in [-0.1, -0.05) is 6.92 Å². The van der Waals surface area contributed by atoms with Gasteiger partial charge in [0.15, 0.2) is 0 Å². The lowest BCUT2D eigenvalue weighted by molar-refractivity contribution is 0.950. The molecule has 0 atom stereocenters. The summed E-state index contributed by atoms with van der Waals surface area (Å²) < 4.78 is 0. The number of nitrogens with one attached hydrogen (secondary N) is 1. The molecule has 2 heterocycles. The van der Waals surface area contributed by atoms with Crippen LogP contribution in [0.2, 0.25) is 0 Å². The molecule has 0 unspecified atom stereocenters. The van der Waals surface area contributed by atoms with Gasteiger partial charge in [-0.2, -0.15) is 5.26 Å². The number of anilines is 1. The van der Waals surface area contributed by atoms with Crippen molar-refractivity contribution in [2.24, 2.45) is 0 Å². The van der Waals surface area contributed by atoms with Crippen LogP contribution < -0.4 is 5.32 Å². The maximum absolute atomic E-state index is 8.91. The van der Waals surface area contributed by atoms with E-state index in [0.717, 1.165) is 29.8 Å². The summed E-state index contributed by atoms with van der Waals surface area (Å²) in [6.45, 7) is 4.86. The van der Waals surface area contributed by atoms with Crippen molar-refractivity contribution in [2.45, 2.75) is 20.3 Å². The number of hydrogen-bond acceptors (Lipinski definition) is 5. The maximum Gasteiger partial charge on any atom is 0.223 e. The second-order valence-corrected chi connectivity index (χ2v) is 4.23. The van der Waals surface area contributed by atoms with Crippen LogP contribution in [-0.4, -0.2) is 21.5 Å². The molecule has 0 amide bonds. The van der Waals surface area contributed by atoms with E-state index in [1.807, 2.05) is 6.92 Å². The van der Waals surface area contributed by atoms with Crippen LogP contribution in [0.5, 0.6) is 0 Å². The molecule has 1 N–H and O–H groups in total. The zero-order valence-electron chi connectivity index (χ0n) is 11.0. The van der Waals surface area contributed by atoms with E-state index in [0.29, 0.717) is 11.5 Å². The van der Waals surface area contributed by atoms with Crippen molar-refractivity contribution in [3.05, 3.63) is 35.8 Å². The summed E-state index contributed by atoms with van der Waals surface area (Å²) >= 11 is 0. The Morgan fingerprint density at radius 3 is 2.89 bits per heavy atom. The summed E-state index contributed by atoms with van der Waals surface area (Å²) in [7, 11) is 0. The molecule has 0 saturated heterocycles. The van der Waals surface area contributed by atoms with Gasteiger partial charge in [0.05, 0.1) is 11.3 Å². The zero-order chi connectivity index (χ0) is 13.7. The Hall–Kier alpha value is -2.48. The molecule has 0 radical (unpaired) electrons. The molecule has 19 heavy (non-hydrogen) atoms. The molecule has 0 aliphatic rings. The normalized spacial score (nSPS) is 9.95. The van der Waals surface area contributed by atoms with Crippen LogP contribution in [0.25, 0.3) is 11.3 Å². The number of nitrogens with zero attached hydrogens (tertiary/aromatic N) is 4. The van der Waals surface area contributed by atoms with Crippen LogP contribution in [0.3, 0.4) is 0 Å². The molecule has 0 aromatic carbocycles. The van der Waals surface area contributed by atoms with Gasteiger partial charge >= 0.3 is 0 Å². The second kappa shape index (κ2) is 5.91. The molecule has 5 nitrogen and oxygen atoms in total. The fourth-order valence-corrected chi connectivity index (χ4v) is 1.69. The highest BCUT2D eigenvalue weighted by atomic mass is 15.1. The molecule has 5 heteroatoms. The third-order valence-corrected chi connectivity index (χ3v) is 2.65. The van der Waals surface area contributed by atoms with Crippen molar-refractivity contribution >= 4 is 5.95 Å². The largest absolute Gasteiger partial charge is 0.354 e. The zero-order valence-corrected chi connectivity index (χ0v) is 11.0. The van der Waals surface area contributed by atoms with Gasteiger partial charge in [-0.15, -0.1) is 0 Å². The standard InChI is InChI=1S/C14H15N5/c1-3-4-17-14-18-7-10(2)13(19-14)12-5-11(6-15)8-16-9-12/h5,7-9H,3-4H2,1-2H3,(H,17,18,19). The smallest absolute Gasteiger partial charge is 0.223 e. The van der Waals surface area contributed by atoms with Crippen molar-refractivity contribution in [3.8, 4) is 17.3 Å². The number of rotatable bonds is 4. The van der Waals surface area contributed by atoms with E-state index >= 15 is 0 Å². The third kappa shape index (κ3) is 3.05. The molecule has 0 saturated carbocycles. The van der Waals surface area contributed by atoms with Gasteiger partial charge in [-0.25, -0.2) is 9.97 Å². The van der Waals surface area contributed by atoms with Crippen LogP contribution in [-0.2, 0) is 0 Å². The van der Waals surface area contributed by atoms with E-state index in [1.54, 1.807) is 18.5 Å². The molecule has 2 aromatic rings. The fraction of sp³-hybridized carbons (Fsp3) is 0.286. The summed E-state index contributed by atoms with van der Waals surface area (Å²) in [6, 6.07) is 3.87. The lowest BCUT2D eigenvalue weighted by Crippen LogP contribution is -2.05. The van der Waals surface area contributed by atoms with Crippen molar-refractivity contribution in [1.29, 1.82) is 5.26 Å². The van der Waals surface area contributed by atoms with Crippen molar-refractivity contribution in [3.63, 3.8) is 0 Å². The van der Waals surface area contributed by atoms with E-state index in [9.17, 15) is 0 Å². The number of pyridine rings is 1. The Bertz CT molecular complexity index is 615. The molecule has 2 aromatic heterocycles. The Labute approximate surface area is 112 Å². The number of nitriles is 1. The highest BCUT2D eigenvalue weighted by Gasteiger charge is 2.07. The van der Waals surface area contributed by atoms with E-state index in [-0.39, 0.29) is 0 Å². The Balaban J connectivity index is 2.40. The topological polar surface area (TPSA) is 74.5 Å². The van der Waals surface area contributed by atoms with Gasteiger partial charge in [0.1, 0.15) is 6.07 Å². The third-order valence-electron chi connectivity index (χ3n) is 2.65. The second-order valence-electron chi connectivity index (χ2n) is 4.23. The number of hydrogen-bond donors (Lipinski definition) is 1. The predicted octanol–water partition coefficient (Wildman–Crippen LogP) is 2.54. The summed E-state index contributed by atoms with van der Waals surface area (Å²) in [6.07, 6.45) is 6.04. The molecule has 0 aliphatic carbocycles. The van der Waals surface area contributed by atoms with Gasteiger partial charge in [0.2, 0.25) is 5.95 Å². The quantitative estimate of drug-likeness (QED) is 0.906. The first-order valence-corrected chi connectivity index (χ1v) is 6.17. The Kier molecular flexibility index (Phi) is 4.04. The summed E-state index contributed by atoms with van der Waals surface area (Å²) in [5.41, 5.74) is 3.12. The fourth-order valence-electron chi connectivity index (χ4n) is 1.69. The minimum Gasteiger partial charge on any atom is -0.354 e. The summed E-state index contributed by atoms with van der Waals surface area (Å²) in [5, 5.41) is 12.1. The molecule has 0 spiro atoms. The average molecular weight is 253 g/mol. The number of aryl methyl sites for hydroxylation is 1. The van der Waals surface area contributed by atoms with Gasteiger partial charge in [0.25, 0.3) is 0 Å². The minimum absolute atomic E-state index is 0.526. The monoisotopic (exact) mass is 253 g/mol. The highest BCUT2D eigenvalue weighted by Crippen LogP contribution is 2.21. The first kappa shape index (κ1) is 13.0. The first-order chi connectivity index (χ1) is 9.24. The van der Waals surface area contributed by atoms with E-state index < -0.39 is 0 Å². The van der Waals surface area contributed by atoms with Crippen LogP contribution in [0.15, 0.2) is 24.7 Å². The van der Waals surface area contributed by atoms with Gasteiger partial charge < -0.3 is 5.32 Å². The molecule has 0 aliphatic heterocycles. The van der Waals surface area contributed by atoms with E-state index in [2.05, 4.69) is 33.3 Å². The SMILES string of the molecule is CCCNc1ncc(C)c(-c2cncc(C#N)c2)n1. The van der Waals surface area contributed by atoms with Crippen LogP contribution in [0.1, 0.15) is 24.5 Å². The molecule has 0 fully saturated rings. The van der Waals surface area contributed by atoms with E-state index in [1.165, 1.54) is 6.20 Å². The van der Waals surface area contributed by atoms with Gasteiger partial charge in [0, 0.05) is 30.7 Å². The van der Waals surface area contributed by atoms with Crippen LogP contribution in [0.4, 0.5) is 5.95 Å². The summed E-state index contributed by atoms with van der Waals surface area (Å²) in [5.74, 6) is 0.602. The highest BCUT2D eigenvalue weighted by molar-refractivity contribution is 5.64. The van der Waals surface area contributed by atoms with E-state index in [4.69, 9.17) is 5.26 Å². The molecular weight excluding hydrogens is 238 g/mol. The van der Waals surface area contributed by atoms with Gasteiger partial charge in [-0.3, -0.25) is 4.98 Å². The molecule has 96 valence electrons. The van der Waals surface area contributed by atoms with Crippen molar-refractivity contribution in [1.82, 2.24) is 15.0 Å². The first-order valence-electron chi connectivity index (χ1n) is 6.17. The molecule has 2 rings (SSSR count). The van der Waals surface area contributed by atoms with Crippen molar-refractivity contribution in [2.75, 3.05) is 11.9 Å². The Morgan fingerprint density at radius 1 is 1.32 bits per heavy atom. The summed E-state index contributed by atoms with van der Waals surface area (Å²) in [4.78, 5) is 12.8. The van der Waals surface area contributed by atoms with Crippen LogP contribution in [0, 0.1) is 18.3 Å². The van der Waals surface area contributed by atoms with Gasteiger partial charge in [-0.05, 0) is 25.0 Å². The van der Waals surface area contributed by atoms with Crippen LogP contribution >= 0.6 is 0 Å². The molecular formula is C14H15N5. The lowest BCUT2D eigenvalue weighted by Gasteiger charge is -2.08.